The molecule has 3 rings (SSSR count). The van der Waals surface area contributed by atoms with Crippen LogP contribution in [0.15, 0.2) is 48.5 Å². The number of H-pyrrole nitrogens is 1. The minimum absolute atomic E-state index is 0.718. The van der Waals surface area contributed by atoms with E-state index in [1.165, 1.54) is 6.08 Å². The number of nitrogens with zero attached hydrogens (tertiary/aromatic N) is 1. The molecule has 0 spiro atoms. The molecule has 0 saturated heterocycles. The molecule has 1 N–H and O–H groups in total. The summed E-state index contributed by atoms with van der Waals surface area (Å²) in [6.07, 6.45) is 4.76. The number of rotatable bonds is 5. The minimum atomic E-state index is 0.718. The first-order valence-electron chi connectivity index (χ1n) is 7.02. The van der Waals surface area contributed by atoms with Crippen molar-refractivity contribution in [3.63, 3.8) is 0 Å². The van der Waals surface area contributed by atoms with Crippen LogP contribution in [0.25, 0.3) is 17.1 Å². The second-order valence-corrected chi connectivity index (χ2v) is 4.95. The second kappa shape index (κ2) is 6.26. The molecule has 1 aromatic heterocycles. The third kappa shape index (κ3) is 2.91. The van der Waals surface area contributed by atoms with Crippen LogP contribution in [0.5, 0.6) is 5.75 Å². The van der Waals surface area contributed by atoms with Crippen molar-refractivity contribution < 1.29 is 9.53 Å². The van der Waals surface area contributed by atoms with Crippen molar-refractivity contribution in [2.75, 3.05) is 7.11 Å². The van der Waals surface area contributed by atoms with Gasteiger partial charge in [0.2, 0.25) is 0 Å². The van der Waals surface area contributed by atoms with Gasteiger partial charge < -0.3 is 9.72 Å². The molecule has 0 saturated carbocycles. The van der Waals surface area contributed by atoms with Crippen LogP contribution in [-0.2, 0) is 11.2 Å². The number of benzene rings is 2. The lowest BCUT2D eigenvalue weighted by Crippen LogP contribution is -1.90. The van der Waals surface area contributed by atoms with Gasteiger partial charge in [0.15, 0.2) is 0 Å². The molecular weight excluding hydrogens is 276 g/mol. The zero-order valence-electron chi connectivity index (χ0n) is 12.2. The maximum absolute atomic E-state index is 10.3. The summed E-state index contributed by atoms with van der Waals surface area (Å²) in [5.41, 5.74) is 3.98. The number of imidazole rings is 1. The summed E-state index contributed by atoms with van der Waals surface area (Å²) in [5.74, 6) is 1.67. The van der Waals surface area contributed by atoms with Crippen LogP contribution in [0.4, 0.5) is 0 Å². The Morgan fingerprint density at radius 1 is 1.18 bits per heavy atom. The number of methoxy groups -OCH3 is 1. The van der Waals surface area contributed by atoms with Gasteiger partial charge in [0, 0.05) is 6.42 Å². The molecule has 110 valence electrons. The molecule has 0 aliphatic heterocycles. The highest BCUT2D eigenvalue weighted by molar-refractivity contribution is 5.81. The van der Waals surface area contributed by atoms with Crippen LogP contribution >= 0.6 is 0 Å². The molecule has 3 aromatic rings. The van der Waals surface area contributed by atoms with Gasteiger partial charge in [-0.05, 0) is 29.3 Å². The third-order valence-corrected chi connectivity index (χ3v) is 3.46. The van der Waals surface area contributed by atoms with E-state index in [0.29, 0.717) is 0 Å². The van der Waals surface area contributed by atoms with Crippen LogP contribution in [0.1, 0.15) is 17.0 Å². The minimum Gasteiger partial charge on any atom is -0.494 e. The van der Waals surface area contributed by atoms with Crippen molar-refractivity contribution >= 4 is 23.4 Å². The number of para-hydroxylation sites is 1. The molecular formula is C18H16N2O2. The Labute approximate surface area is 128 Å². The molecule has 0 atom stereocenters. The van der Waals surface area contributed by atoms with Gasteiger partial charge in [-0.25, -0.2) is 4.98 Å². The number of aromatic nitrogens is 2. The van der Waals surface area contributed by atoms with Crippen molar-refractivity contribution in [3.05, 3.63) is 65.5 Å². The summed E-state index contributed by atoms with van der Waals surface area (Å²) >= 11 is 0. The van der Waals surface area contributed by atoms with E-state index in [1.807, 2.05) is 42.5 Å². The largest absolute Gasteiger partial charge is 0.494 e. The summed E-state index contributed by atoms with van der Waals surface area (Å²) in [6.45, 7) is 0. The van der Waals surface area contributed by atoms with Gasteiger partial charge in [-0.15, -0.1) is 0 Å². The van der Waals surface area contributed by atoms with Gasteiger partial charge in [0.05, 0.1) is 12.6 Å². The molecule has 0 bridgehead atoms. The normalized spacial score (nSPS) is 11.1. The fraction of sp³-hybridized carbons (Fsp3) is 0.111. The number of ether oxygens (including phenoxy) is 1. The topological polar surface area (TPSA) is 55.0 Å². The number of allylic oxidation sites excluding steroid dienone is 1. The monoisotopic (exact) mass is 292 g/mol. The highest BCUT2D eigenvalue weighted by Gasteiger charge is 2.08. The van der Waals surface area contributed by atoms with E-state index < -0.39 is 0 Å². The van der Waals surface area contributed by atoms with E-state index >= 15 is 0 Å². The fourth-order valence-corrected chi connectivity index (χ4v) is 2.40. The molecule has 0 radical (unpaired) electrons. The molecule has 0 amide bonds. The number of carbonyl (C=O) groups is 1. The maximum atomic E-state index is 10.3. The Balaban J connectivity index is 1.83. The number of hydrogen-bond acceptors (Lipinski definition) is 3. The lowest BCUT2D eigenvalue weighted by Gasteiger charge is -1.99. The SMILES string of the molecule is COc1cccc2[nH]c(Cc3ccc(/C=C/C=O)cc3)nc12. The first kappa shape index (κ1) is 14.1. The maximum Gasteiger partial charge on any atom is 0.146 e. The quantitative estimate of drug-likeness (QED) is 0.579. The van der Waals surface area contributed by atoms with Crippen LogP contribution in [0.2, 0.25) is 0 Å². The lowest BCUT2D eigenvalue weighted by molar-refractivity contribution is -0.104. The van der Waals surface area contributed by atoms with Crippen LogP contribution in [0.3, 0.4) is 0 Å². The van der Waals surface area contributed by atoms with Gasteiger partial charge in [-0.2, -0.15) is 0 Å². The molecule has 4 nitrogen and oxygen atoms in total. The summed E-state index contributed by atoms with van der Waals surface area (Å²) in [7, 11) is 1.65. The standard InChI is InChI=1S/C18H16N2O2/c1-22-16-6-2-5-15-18(16)20-17(19-15)12-14-9-7-13(8-10-14)4-3-11-21/h2-11H,12H2,1H3,(H,19,20)/b4-3+. The van der Waals surface area contributed by atoms with Gasteiger partial charge in [-0.3, -0.25) is 4.79 Å². The van der Waals surface area contributed by atoms with Crippen LogP contribution in [0, 0.1) is 0 Å². The molecule has 0 aliphatic carbocycles. The van der Waals surface area contributed by atoms with E-state index in [9.17, 15) is 4.79 Å². The first-order chi connectivity index (χ1) is 10.8. The van der Waals surface area contributed by atoms with Gasteiger partial charge in [-0.1, -0.05) is 36.4 Å². The summed E-state index contributed by atoms with van der Waals surface area (Å²) in [4.78, 5) is 18.2. The first-order valence-corrected chi connectivity index (χ1v) is 7.02. The number of aldehydes is 1. The Kier molecular flexibility index (Phi) is 4.01. The average Bonchev–Trinajstić information content (AvgIpc) is 2.96. The molecule has 2 aromatic carbocycles. The van der Waals surface area contributed by atoms with E-state index in [0.717, 1.165) is 46.4 Å². The molecule has 0 unspecified atom stereocenters. The number of fused-ring (bicyclic) bond motifs is 1. The zero-order chi connectivity index (χ0) is 15.4. The molecule has 4 heteroatoms. The summed E-state index contributed by atoms with van der Waals surface area (Å²) < 4.78 is 5.33. The number of carbonyl (C=O) groups excluding carboxylic acids is 1. The Morgan fingerprint density at radius 3 is 2.73 bits per heavy atom. The predicted octanol–water partition coefficient (Wildman–Crippen LogP) is 3.37. The summed E-state index contributed by atoms with van der Waals surface area (Å²) in [5, 5.41) is 0. The van der Waals surface area contributed by atoms with Gasteiger partial charge in [0.1, 0.15) is 23.4 Å². The van der Waals surface area contributed by atoms with E-state index in [4.69, 9.17) is 4.74 Å². The van der Waals surface area contributed by atoms with E-state index in [1.54, 1.807) is 13.2 Å². The lowest BCUT2D eigenvalue weighted by atomic mass is 10.1. The highest BCUT2D eigenvalue weighted by atomic mass is 16.5. The van der Waals surface area contributed by atoms with E-state index in [-0.39, 0.29) is 0 Å². The Hall–Kier alpha value is -2.88. The van der Waals surface area contributed by atoms with Crippen molar-refractivity contribution in [2.45, 2.75) is 6.42 Å². The zero-order valence-corrected chi connectivity index (χ0v) is 12.2. The highest BCUT2D eigenvalue weighted by Crippen LogP contribution is 2.23. The van der Waals surface area contributed by atoms with Crippen LogP contribution < -0.4 is 4.74 Å². The van der Waals surface area contributed by atoms with Gasteiger partial charge >= 0.3 is 0 Å². The molecule has 1 heterocycles. The van der Waals surface area contributed by atoms with Crippen molar-refractivity contribution in [2.24, 2.45) is 0 Å². The molecule has 0 fully saturated rings. The van der Waals surface area contributed by atoms with Crippen molar-refractivity contribution in [1.29, 1.82) is 0 Å². The number of aromatic amines is 1. The average molecular weight is 292 g/mol. The van der Waals surface area contributed by atoms with Crippen LogP contribution in [-0.4, -0.2) is 23.4 Å². The smallest absolute Gasteiger partial charge is 0.146 e. The Bertz CT molecular complexity index is 817. The summed E-state index contributed by atoms with van der Waals surface area (Å²) in [6, 6.07) is 13.9. The van der Waals surface area contributed by atoms with Gasteiger partial charge in [0.25, 0.3) is 0 Å². The van der Waals surface area contributed by atoms with Crippen molar-refractivity contribution in [3.8, 4) is 5.75 Å². The number of nitrogens with one attached hydrogen (secondary N) is 1. The Morgan fingerprint density at radius 2 is 2.00 bits per heavy atom. The second-order valence-electron chi connectivity index (χ2n) is 4.95. The molecule has 0 aliphatic rings. The number of hydrogen-bond donors (Lipinski definition) is 1. The molecule has 22 heavy (non-hydrogen) atoms. The third-order valence-electron chi connectivity index (χ3n) is 3.46. The van der Waals surface area contributed by atoms with E-state index in [2.05, 4.69) is 9.97 Å². The van der Waals surface area contributed by atoms with Crippen molar-refractivity contribution in [1.82, 2.24) is 9.97 Å². The predicted molar refractivity (Wildman–Crippen MR) is 87.0 cm³/mol. The fourth-order valence-electron chi connectivity index (χ4n) is 2.40.